The third kappa shape index (κ3) is 4.09. The van der Waals surface area contributed by atoms with Gasteiger partial charge in [0.25, 0.3) is 0 Å². The summed E-state index contributed by atoms with van der Waals surface area (Å²) in [5, 5.41) is 13.1. The van der Waals surface area contributed by atoms with Gasteiger partial charge >= 0.3 is 0 Å². The monoisotopic (exact) mass is 296 g/mol. The molecule has 0 bridgehead atoms. The number of para-hydroxylation sites is 1. The Balaban J connectivity index is 1.47. The second-order valence-corrected chi connectivity index (χ2v) is 6.03. The fourth-order valence-corrected chi connectivity index (χ4v) is 2.96. The van der Waals surface area contributed by atoms with Crippen LogP contribution in [0.25, 0.3) is 0 Å². The van der Waals surface area contributed by atoms with E-state index in [0.717, 1.165) is 18.7 Å². The number of phenolic OH excluding ortho intramolecular Hbond substituents is 1. The van der Waals surface area contributed by atoms with Crippen molar-refractivity contribution in [3.8, 4) is 5.75 Å². The molecule has 0 aliphatic carbocycles. The molecule has 0 unspecified atom stereocenters. The molecule has 0 aromatic heterocycles. The first-order valence-electron chi connectivity index (χ1n) is 8.09. The van der Waals surface area contributed by atoms with Crippen LogP contribution in [-0.4, -0.2) is 23.1 Å². The van der Waals surface area contributed by atoms with Crippen LogP contribution < -0.4 is 5.32 Å². The van der Waals surface area contributed by atoms with Crippen molar-refractivity contribution in [2.45, 2.75) is 32.5 Å². The average Bonchev–Trinajstić information content (AvgIpc) is 3.04. The number of aromatic hydroxyl groups is 1. The molecule has 1 saturated heterocycles. The first-order chi connectivity index (χ1) is 10.8. The largest absolute Gasteiger partial charge is 0.508 e. The molecule has 2 N–H and O–H groups in total. The summed E-state index contributed by atoms with van der Waals surface area (Å²) < 4.78 is 0. The van der Waals surface area contributed by atoms with Crippen LogP contribution in [0, 0.1) is 0 Å². The van der Waals surface area contributed by atoms with Crippen molar-refractivity contribution < 1.29 is 5.11 Å². The van der Waals surface area contributed by atoms with Crippen molar-refractivity contribution in [1.82, 2.24) is 10.2 Å². The molecule has 1 aliphatic heterocycles. The van der Waals surface area contributed by atoms with Gasteiger partial charge in [-0.05, 0) is 43.1 Å². The summed E-state index contributed by atoms with van der Waals surface area (Å²) in [6, 6.07) is 16.3. The normalized spacial score (nSPS) is 15.3. The molecular weight excluding hydrogens is 272 g/mol. The Labute approximate surface area is 132 Å². The second kappa shape index (κ2) is 7.43. The zero-order valence-corrected chi connectivity index (χ0v) is 13.0. The molecule has 22 heavy (non-hydrogen) atoms. The molecule has 116 valence electrons. The Morgan fingerprint density at radius 3 is 2.27 bits per heavy atom. The van der Waals surface area contributed by atoms with E-state index >= 15 is 0 Å². The number of rotatable bonds is 6. The molecule has 0 saturated carbocycles. The Kier molecular flexibility index (Phi) is 5.09. The van der Waals surface area contributed by atoms with Gasteiger partial charge in [-0.1, -0.05) is 42.5 Å². The van der Waals surface area contributed by atoms with Crippen LogP contribution in [0.5, 0.6) is 5.75 Å². The smallest absolute Gasteiger partial charge is 0.120 e. The van der Waals surface area contributed by atoms with E-state index < -0.39 is 0 Å². The predicted molar refractivity (Wildman–Crippen MR) is 89.6 cm³/mol. The highest BCUT2D eigenvalue weighted by Gasteiger charge is 2.11. The predicted octanol–water partition coefficient (Wildman–Crippen LogP) is 3.28. The van der Waals surface area contributed by atoms with Gasteiger partial charge in [0.15, 0.2) is 0 Å². The van der Waals surface area contributed by atoms with E-state index in [-0.39, 0.29) is 0 Å². The van der Waals surface area contributed by atoms with Gasteiger partial charge in [0.1, 0.15) is 5.75 Å². The van der Waals surface area contributed by atoms with Crippen LogP contribution in [-0.2, 0) is 19.6 Å². The third-order valence-electron chi connectivity index (χ3n) is 4.26. The van der Waals surface area contributed by atoms with E-state index in [0.29, 0.717) is 12.3 Å². The van der Waals surface area contributed by atoms with E-state index in [2.05, 4.69) is 34.5 Å². The standard InChI is InChI=1S/C19H24N2O/c22-19-6-2-1-5-18(19)14-20-13-16-7-9-17(10-8-16)15-21-11-3-4-12-21/h1-2,5-10,20,22H,3-4,11-15H2. The third-order valence-corrected chi connectivity index (χ3v) is 4.26. The summed E-state index contributed by atoms with van der Waals surface area (Å²) in [6.45, 7) is 5.06. The van der Waals surface area contributed by atoms with Gasteiger partial charge in [-0.25, -0.2) is 0 Å². The second-order valence-electron chi connectivity index (χ2n) is 6.03. The van der Waals surface area contributed by atoms with Crippen LogP contribution in [0.2, 0.25) is 0 Å². The molecule has 2 aromatic rings. The number of benzene rings is 2. The van der Waals surface area contributed by atoms with Gasteiger partial charge in [0, 0.05) is 25.2 Å². The SMILES string of the molecule is Oc1ccccc1CNCc1ccc(CN2CCCC2)cc1. The van der Waals surface area contributed by atoms with Crippen LogP contribution >= 0.6 is 0 Å². The molecular formula is C19H24N2O. The summed E-state index contributed by atoms with van der Waals surface area (Å²) in [4.78, 5) is 2.52. The van der Waals surface area contributed by atoms with Gasteiger partial charge in [0.2, 0.25) is 0 Å². The molecule has 3 heteroatoms. The summed E-state index contributed by atoms with van der Waals surface area (Å²) in [6.07, 6.45) is 2.68. The van der Waals surface area contributed by atoms with Gasteiger partial charge < -0.3 is 10.4 Å². The van der Waals surface area contributed by atoms with Gasteiger partial charge in [-0.3, -0.25) is 4.90 Å². The van der Waals surface area contributed by atoms with Crippen LogP contribution in [0.15, 0.2) is 48.5 Å². The Morgan fingerprint density at radius 2 is 1.55 bits per heavy atom. The first kappa shape index (κ1) is 15.1. The minimum Gasteiger partial charge on any atom is -0.508 e. The van der Waals surface area contributed by atoms with Gasteiger partial charge in [-0.2, -0.15) is 0 Å². The number of phenols is 1. The summed E-state index contributed by atoms with van der Waals surface area (Å²) in [5.41, 5.74) is 3.61. The lowest BCUT2D eigenvalue weighted by Gasteiger charge is -2.14. The maximum absolute atomic E-state index is 9.74. The minimum absolute atomic E-state index is 0.357. The fraction of sp³-hybridized carbons (Fsp3) is 0.368. The van der Waals surface area contributed by atoms with Crippen LogP contribution in [0.4, 0.5) is 0 Å². The summed E-state index contributed by atoms with van der Waals surface area (Å²) in [5.74, 6) is 0.357. The van der Waals surface area contributed by atoms with Crippen molar-refractivity contribution in [2.24, 2.45) is 0 Å². The maximum atomic E-state index is 9.74. The number of nitrogens with zero attached hydrogens (tertiary/aromatic N) is 1. The van der Waals surface area contributed by atoms with Crippen LogP contribution in [0.1, 0.15) is 29.5 Å². The highest BCUT2D eigenvalue weighted by Crippen LogP contribution is 2.16. The summed E-state index contributed by atoms with van der Waals surface area (Å²) in [7, 11) is 0. The molecule has 0 radical (unpaired) electrons. The van der Waals surface area contributed by atoms with Crippen molar-refractivity contribution in [3.63, 3.8) is 0 Å². The lowest BCUT2D eigenvalue weighted by atomic mass is 10.1. The molecule has 3 rings (SSSR count). The summed E-state index contributed by atoms with van der Waals surface area (Å²) >= 11 is 0. The molecule has 0 amide bonds. The molecule has 0 atom stereocenters. The molecule has 3 nitrogen and oxygen atoms in total. The van der Waals surface area contributed by atoms with E-state index in [1.807, 2.05) is 18.2 Å². The molecule has 0 spiro atoms. The Bertz CT molecular complexity index is 589. The van der Waals surface area contributed by atoms with Gasteiger partial charge in [0.05, 0.1) is 0 Å². The zero-order chi connectivity index (χ0) is 15.2. The van der Waals surface area contributed by atoms with Gasteiger partial charge in [-0.15, -0.1) is 0 Å². The Hall–Kier alpha value is -1.84. The molecule has 1 heterocycles. The van der Waals surface area contributed by atoms with Crippen LogP contribution in [0.3, 0.4) is 0 Å². The lowest BCUT2D eigenvalue weighted by molar-refractivity contribution is 0.331. The fourth-order valence-electron chi connectivity index (χ4n) is 2.96. The highest BCUT2D eigenvalue weighted by molar-refractivity contribution is 5.31. The number of likely N-dealkylation sites (tertiary alicyclic amines) is 1. The molecule has 2 aromatic carbocycles. The van der Waals surface area contributed by atoms with Crippen molar-refractivity contribution in [2.75, 3.05) is 13.1 Å². The lowest BCUT2D eigenvalue weighted by Crippen LogP contribution is -2.18. The number of hydrogen-bond donors (Lipinski definition) is 2. The minimum atomic E-state index is 0.357. The first-order valence-corrected chi connectivity index (χ1v) is 8.09. The highest BCUT2D eigenvalue weighted by atomic mass is 16.3. The van der Waals surface area contributed by atoms with E-state index in [1.165, 1.54) is 37.1 Å². The van der Waals surface area contributed by atoms with Crippen molar-refractivity contribution in [1.29, 1.82) is 0 Å². The Morgan fingerprint density at radius 1 is 0.864 bits per heavy atom. The number of nitrogens with one attached hydrogen (secondary N) is 1. The van der Waals surface area contributed by atoms with Crippen molar-refractivity contribution in [3.05, 3.63) is 65.2 Å². The number of hydrogen-bond acceptors (Lipinski definition) is 3. The zero-order valence-electron chi connectivity index (χ0n) is 13.0. The molecule has 1 aliphatic rings. The van der Waals surface area contributed by atoms with E-state index in [4.69, 9.17) is 0 Å². The van der Waals surface area contributed by atoms with E-state index in [9.17, 15) is 5.11 Å². The average molecular weight is 296 g/mol. The quantitative estimate of drug-likeness (QED) is 0.859. The van der Waals surface area contributed by atoms with E-state index in [1.54, 1.807) is 6.07 Å². The van der Waals surface area contributed by atoms with Crippen molar-refractivity contribution >= 4 is 0 Å². The molecule has 1 fully saturated rings. The topological polar surface area (TPSA) is 35.5 Å². The maximum Gasteiger partial charge on any atom is 0.120 e.